The summed E-state index contributed by atoms with van der Waals surface area (Å²) in [5.41, 5.74) is -2.74. The summed E-state index contributed by atoms with van der Waals surface area (Å²) in [6.07, 6.45) is -4.85. The second kappa shape index (κ2) is 9.43. The van der Waals surface area contributed by atoms with E-state index in [1.54, 1.807) is 30.3 Å². The van der Waals surface area contributed by atoms with E-state index in [-0.39, 0.29) is 18.7 Å². The van der Waals surface area contributed by atoms with E-state index >= 15 is 0 Å². The van der Waals surface area contributed by atoms with E-state index in [0.717, 1.165) is 12.1 Å². The molecule has 0 saturated carbocycles. The van der Waals surface area contributed by atoms with Crippen LogP contribution in [0.25, 0.3) is 0 Å². The van der Waals surface area contributed by atoms with Crippen LogP contribution in [-0.2, 0) is 17.4 Å². The number of halogens is 3. The monoisotopic (exact) mass is 490 g/mol. The fourth-order valence-corrected chi connectivity index (χ4v) is 3.90. The number of ether oxygens (including phenoxy) is 1. The average molecular weight is 490 g/mol. The van der Waals surface area contributed by atoms with Crippen LogP contribution in [0.1, 0.15) is 22.3 Å². The molecule has 1 heterocycles. The van der Waals surface area contributed by atoms with Gasteiger partial charge in [-0.1, -0.05) is 30.3 Å². The highest BCUT2D eigenvalue weighted by Crippen LogP contribution is 2.36. The Balaban J connectivity index is 1.71. The summed E-state index contributed by atoms with van der Waals surface area (Å²) in [6.45, 7) is -0.322. The molecule has 1 saturated heterocycles. The van der Waals surface area contributed by atoms with Crippen molar-refractivity contribution in [3.63, 3.8) is 0 Å². The largest absolute Gasteiger partial charge is 0.491 e. The predicted octanol–water partition coefficient (Wildman–Crippen LogP) is 4.57. The number of rotatable bonds is 6. The molecule has 0 aliphatic carbocycles. The fraction of sp³-hybridized carbons (Fsp3) is 0.154. The number of alkyl halides is 3. The quantitative estimate of drug-likeness (QED) is 0.510. The molecule has 7 nitrogen and oxygen atoms in total. The van der Waals surface area contributed by atoms with Crippen LogP contribution >= 0.6 is 0 Å². The zero-order valence-electron chi connectivity index (χ0n) is 18.5. The highest BCUT2D eigenvalue weighted by atomic mass is 19.4. The van der Waals surface area contributed by atoms with Crippen molar-refractivity contribution in [2.75, 3.05) is 11.5 Å². The molecule has 1 fully saturated rings. The van der Waals surface area contributed by atoms with Crippen molar-refractivity contribution < 1.29 is 27.5 Å². The summed E-state index contributed by atoms with van der Waals surface area (Å²) in [7, 11) is 0. The number of hydrogen-bond donors (Lipinski definition) is 1. The van der Waals surface area contributed by atoms with Gasteiger partial charge in [0.2, 0.25) is 0 Å². The van der Waals surface area contributed by atoms with E-state index in [1.165, 1.54) is 30.3 Å². The lowest BCUT2D eigenvalue weighted by molar-refractivity contribution is -0.137. The number of nitrogens with one attached hydrogen (secondary N) is 1. The Morgan fingerprint density at radius 3 is 2.25 bits per heavy atom. The van der Waals surface area contributed by atoms with Gasteiger partial charge in [-0.2, -0.15) is 23.7 Å². The molecule has 1 atom stereocenters. The van der Waals surface area contributed by atoms with Crippen molar-refractivity contribution in [1.29, 1.82) is 10.5 Å². The zero-order chi connectivity index (χ0) is 25.9. The van der Waals surface area contributed by atoms with E-state index in [4.69, 9.17) is 15.3 Å². The number of carbonyl (C=O) groups excluding carboxylic acids is 2. The Kier molecular flexibility index (Phi) is 6.37. The first kappa shape index (κ1) is 24.3. The molecule has 0 unspecified atom stereocenters. The maximum Gasteiger partial charge on any atom is 0.417 e. The second-order valence-corrected chi connectivity index (χ2v) is 8.08. The van der Waals surface area contributed by atoms with Gasteiger partial charge in [-0.25, -0.2) is 9.69 Å². The Bertz CT molecular complexity index is 1390. The summed E-state index contributed by atoms with van der Waals surface area (Å²) < 4.78 is 46.3. The normalized spacial score (nSPS) is 17.3. The molecule has 1 N–H and O–H groups in total. The van der Waals surface area contributed by atoms with Crippen molar-refractivity contribution in [2.45, 2.75) is 18.1 Å². The molecule has 1 aliphatic heterocycles. The van der Waals surface area contributed by atoms with Gasteiger partial charge in [0.1, 0.15) is 12.4 Å². The minimum atomic E-state index is -4.86. The minimum Gasteiger partial charge on any atom is -0.491 e. The van der Waals surface area contributed by atoms with E-state index < -0.39 is 34.8 Å². The summed E-state index contributed by atoms with van der Waals surface area (Å²) in [5, 5.41) is 20.6. The predicted molar refractivity (Wildman–Crippen MR) is 122 cm³/mol. The van der Waals surface area contributed by atoms with Crippen molar-refractivity contribution in [3.8, 4) is 17.9 Å². The maximum atomic E-state index is 13.7. The van der Waals surface area contributed by atoms with E-state index in [9.17, 15) is 22.8 Å². The lowest BCUT2D eigenvalue weighted by Crippen LogP contribution is -2.53. The average Bonchev–Trinajstić information content (AvgIpc) is 3.11. The van der Waals surface area contributed by atoms with Gasteiger partial charge in [0.25, 0.3) is 5.91 Å². The van der Waals surface area contributed by atoms with Crippen molar-refractivity contribution in [1.82, 2.24) is 5.32 Å². The molecule has 10 heteroatoms. The van der Waals surface area contributed by atoms with E-state index in [0.29, 0.717) is 27.8 Å². The molecule has 36 heavy (non-hydrogen) atoms. The van der Waals surface area contributed by atoms with Crippen LogP contribution in [-0.4, -0.2) is 24.1 Å². The molecular formula is C26H17F3N4O3. The number of urea groups is 1. The third-order valence-electron chi connectivity index (χ3n) is 5.67. The number of anilines is 1. The van der Waals surface area contributed by atoms with Crippen molar-refractivity contribution in [2.24, 2.45) is 0 Å². The van der Waals surface area contributed by atoms with Gasteiger partial charge in [-0.3, -0.25) is 4.79 Å². The number of nitriles is 2. The summed E-state index contributed by atoms with van der Waals surface area (Å²) >= 11 is 0. The van der Waals surface area contributed by atoms with Crippen LogP contribution in [0.2, 0.25) is 0 Å². The smallest absolute Gasteiger partial charge is 0.417 e. The van der Waals surface area contributed by atoms with Crippen molar-refractivity contribution in [3.05, 3.63) is 95.1 Å². The highest BCUT2D eigenvalue weighted by Gasteiger charge is 2.53. The first-order valence-electron chi connectivity index (χ1n) is 10.6. The minimum absolute atomic E-state index is 0.00754. The van der Waals surface area contributed by atoms with Crippen LogP contribution in [0.3, 0.4) is 0 Å². The zero-order valence-corrected chi connectivity index (χ0v) is 18.5. The van der Waals surface area contributed by atoms with Crippen LogP contribution < -0.4 is 15.0 Å². The summed E-state index contributed by atoms with van der Waals surface area (Å²) in [5.74, 6) is -0.470. The molecular weight excluding hydrogens is 473 g/mol. The lowest BCUT2D eigenvalue weighted by Gasteiger charge is -2.27. The first-order valence-corrected chi connectivity index (χ1v) is 10.6. The van der Waals surface area contributed by atoms with Gasteiger partial charge in [0.05, 0.1) is 34.5 Å². The molecule has 0 bridgehead atoms. The summed E-state index contributed by atoms with van der Waals surface area (Å²) in [6, 6.07) is 20.1. The molecule has 1 aliphatic rings. The highest BCUT2D eigenvalue weighted by molar-refractivity contribution is 6.23. The Labute approximate surface area is 203 Å². The Morgan fingerprint density at radius 2 is 1.64 bits per heavy atom. The topological polar surface area (TPSA) is 106 Å². The van der Waals surface area contributed by atoms with Crippen LogP contribution in [0.5, 0.6) is 5.75 Å². The molecule has 0 aromatic heterocycles. The molecule has 0 spiro atoms. The van der Waals surface area contributed by atoms with Gasteiger partial charge in [0, 0.05) is 6.42 Å². The fourth-order valence-electron chi connectivity index (χ4n) is 3.90. The van der Waals surface area contributed by atoms with E-state index in [2.05, 4.69) is 5.32 Å². The van der Waals surface area contributed by atoms with Crippen molar-refractivity contribution >= 4 is 17.6 Å². The number of carbonyl (C=O) groups is 2. The molecule has 180 valence electrons. The van der Waals surface area contributed by atoms with Gasteiger partial charge in [-0.15, -0.1) is 0 Å². The van der Waals surface area contributed by atoms with Gasteiger partial charge in [0.15, 0.2) is 5.54 Å². The molecule has 4 rings (SSSR count). The molecule has 3 amide bonds. The van der Waals surface area contributed by atoms with Crippen LogP contribution in [0, 0.1) is 22.7 Å². The van der Waals surface area contributed by atoms with Gasteiger partial charge in [-0.05, 0) is 48.0 Å². The standard InChI is InChI=1S/C26H17F3N4O3/c27-26(28,29)22-12-20(9-8-19(22)15-31)33-23(34)25(32-24(33)35,13-17-4-2-1-3-5-17)16-36-21-10-6-18(14-30)7-11-21/h1-12H,13,16H2,(H,32,35)/t25-/m0/s1. The van der Waals surface area contributed by atoms with Gasteiger partial charge < -0.3 is 10.1 Å². The second-order valence-electron chi connectivity index (χ2n) is 8.08. The maximum absolute atomic E-state index is 13.7. The third-order valence-corrected chi connectivity index (χ3v) is 5.67. The molecule has 0 radical (unpaired) electrons. The lowest BCUT2D eigenvalue weighted by atomic mass is 9.91. The third kappa shape index (κ3) is 4.70. The first-order chi connectivity index (χ1) is 17.2. The number of benzene rings is 3. The number of imide groups is 1. The molecule has 3 aromatic rings. The van der Waals surface area contributed by atoms with Crippen LogP contribution in [0.4, 0.5) is 23.7 Å². The molecule has 3 aromatic carbocycles. The SMILES string of the molecule is N#Cc1ccc(OC[C@]2(Cc3ccccc3)NC(=O)N(c3ccc(C#N)c(C(F)(F)F)c3)C2=O)cc1. The van der Waals surface area contributed by atoms with Gasteiger partial charge >= 0.3 is 12.2 Å². The number of hydrogen-bond acceptors (Lipinski definition) is 5. The number of nitrogens with zero attached hydrogens (tertiary/aromatic N) is 3. The van der Waals surface area contributed by atoms with E-state index in [1.807, 2.05) is 6.07 Å². The Hall–Kier alpha value is -4.83. The van der Waals surface area contributed by atoms with Crippen LogP contribution in [0.15, 0.2) is 72.8 Å². The Morgan fingerprint density at radius 1 is 0.944 bits per heavy atom. The number of amides is 3. The summed E-state index contributed by atoms with van der Waals surface area (Å²) in [4.78, 5) is 27.2.